The molecule has 0 aliphatic rings. The van der Waals surface area contributed by atoms with Crippen molar-refractivity contribution in [3.05, 3.63) is 63.1 Å². The third-order valence-electron chi connectivity index (χ3n) is 3.11. The van der Waals surface area contributed by atoms with Gasteiger partial charge in [-0.2, -0.15) is 0 Å². The maximum atomic E-state index is 12.5. The molecule has 1 amide bonds. The molecule has 0 bridgehead atoms. The van der Waals surface area contributed by atoms with Crippen LogP contribution in [0.2, 0.25) is 5.02 Å². The van der Waals surface area contributed by atoms with Gasteiger partial charge in [-0.1, -0.05) is 29.8 Å². The van der Waals surface area contributed by atoms with Crippen molar-refractivity contribution in [3.8, 4) is 5.75 Å². The van der Waals surface area contributed by atoms with E-state index in [4.69, 9.17) is 16.3 Å². The summed E-state index contributed by atoms with van der Waals surface area (Å²) in [7, 11) is 3.38. The van der Waals surface area contributed by atoms with Crippen LogP contribution in [0.4, 0.5) is 0 Å². The topological polar surface area (TPSA) is 29.5 Å². The third-order valence-corrected chi connectivity index (χ3v) is 4.00. The molecule has 0 aliphatic heterocycles. The number of carbonyl (C=O) groups is 1. The number of methoxy groups -OCH3 is 1. The standard InChI is InChI=1S/C16H15BrClNO2/c1-19(10-11-5-3-4-6-15(11)21-2)16(20)13-8-7-12(18)9-14(13)17/h3-9H,10H2,1-2H3. The van der Waals surface area contributed by atoms with Gasteiger partial charge in [0.2, 0.25) is 0 Å². The Morgan fingerprint density at radius 3 is 2.67 bits per heavy atom. The minimum Gasteiger partial charge on any atom is -0.496 e. The number of benzene rings is 2. The molecular formula is C16H15BrClNO2. The molecule has 0 aromatic heterocycles. The van der Waals surface area contributed by atoms with Crippen LogP contribution in [0.1, 0.15) is 15.9 Å². The Morgan fingerprint density at radius 2 is 2.00 bits per heavy atom. The predicted molar refractivity (Wildman–Crippen MR) is 87.9 cm³/mol. The first-order chi connectivity index (χ1) is 10.0. The van der Waals surface area contributed by atoms with E-state index in [0.29, 0.717) is 21.6 Å². The molecule has 0 saturated carbocycles. The van der Waals surface area contributed by atoms with Crippen molar-refractivity contribution >= 4 is 33.4 Å². The molecule has 110 valence electrons. The van der Waals surface area contributed by atoms with Gasteiger partial charge in [0.25, 0.3) is 5.91 Å². The Hall–Kier alpha value is -1.52. The molecule has 0 fully saturated rings. The maximum absolute atomic E-state index is 12.5. The number of hydrogen-bond donors (Lipinski definition) is 0. The van der Waals surface area contributed by atoms with Gasteiger partial charge in [-0.3, -0.25) is 4.79 Å². The summed E-state index contributed by atoms with van der Waals surface area (Å²) in [6, 6.07) is 12.8. The van der Waals surface area contributed by atoms with Crippen molar-refractivity contribution in [2.24, 2.45) is 0 Å². The zero-order chi connectivity index (χ0) is 15.4. The minimum atomic E-state index is -0.0792. The molecular weight excluding hydrogens is 354 g/mol. The predicted octanol–water partition coefficient (Wildman–Crippen LogP) is 4.38. The highest BCUT2D eigenvalue weighted by molar-refractivity contribution is 9.10. The SMILES string of the molecule is COc1ccccc1CN(C)C(=O)c1ccc(Cl)cc1Br. The fourth-order valence-corrected chi connectivity index (χ4v) is 2.88. The van der Waals surface area contributed by atoms with E-state index < -0.39 is 0 Å². The van der Waals surface area contributed by atoms with Gasteiger partial charge in [-0.25, -0.2) is 0 Å². The lowest BCUT2D eigenvalue weighted by Gasteiger charge is -2.19. The minimum absolute atomic E-state index is 0.0792. The largest absolute Gasteiger partial charge is 0.496 e. The number of nitrogens with zero attached hydrogens (tertiary/aromatic N) is 1. The monoisotopic (exact) mass is 367 g/mol. The van der Waals surface area contributed by atoms with E-state index in [1.807, 2.05) is 24.3 Å². The van der Waals surface area contributed by atoms with E-state index in [9.17, 15) is 4.79 Å². The molecule has 0 spiro atoms. The molecule has 0 unspecified atom stereocenters. The molecule has 0 atom stereocenters. The average Bonchev–Trinajstić information content (AvgIpc) is 2.47. The Labute approximate surface area is 137 Å². The van der Waals surface area contributed by atoms with Gasteiger partial charge in [0.05, 0.1) is 12.7 Å². The van der Waals surface area contributed by atoms with Crippen LogP contribution < -0.4 is 4.74 Å². The molecule has 0 N–H and O–H groups in total. The molecule has 2 aromatic rings. The number of carbonyl (C=O) groups excluding carboxylic acids is 1. The van der Waals surface area contributed by atoms with Crippen LogP contribution in [0.15, 0.2) is 46.9 Å². The summed E-state index contributed by atoms with van der Waals surface area (Å²) in [5, 5.41) is 0.589. The fraction of sp³-hybridized carbons (Fsp3) is 0.188. The fourth-order valence-electron chi connectivity index (χ4n) is 2.03. The lowest BCUT2D eigenvalue weighted by molar-refractivity contribution is 0.0783. The molecule has 0 aliphatic carbocycles. The van der Waals surface area contributed by atoms with Gasteiger partial charge in [0.1, 0.15) is 5.75 Å². The lowest BCUT2D eigenvalue weighted by atomic mass is 10.1. The van der Waals surface area contributed by atoms with Crippen LogP contribution in [0.3, 0.4) is 0 Å². The maximum Gasteiger partial charge on any atom is 0.255 e. The summed E-state index contributed by atoms with van der Waals surface area (Å²) in [6.07, 6.45) is 0. The first-order valence-corrected chi connectivity index (χ1v) is 7.52. The first kappa shape index (κ1) is 15.9. The van der Waals surface area contributed by atoms with Crippen molar-refractivity contribution in [2.45, 2.75) is 6.54 Å². The molecule has 2 rings (SSSR count). The van der Waals surface area contributed by atoms with E-state index in [0.717, 1.165) is 11.3 Å². The average molecular weight is 369 g/mol. The van der Waals surface area contributed by atoms with Crippen LogP contribution in [0, 0.1) is 0 Å². The molecule has 21 heavy (non-hydrogen) atoms. The number of amides is 1. The Kier molecular flexibility index (Phi) is 5.26. The highest BCUT2D eigenvalue weighted by Crippen LogP contribution is 2.24. The molecule has 3 nitrogen and oxygen atoms in total. The van der Waals surface area contributed by atoms with Gasteiger partial charge in [-0.05, 0) is 40.2 Å². The summed E-state index contributed by atoms with van der Waals surface area (Å²) in [6.45, 7) is 0.470. The van der Waals surface area contributed by atoms with Crippen molar-refractivity contribution in [3.63, 3.8) is 0 Å². The highest BCUT2D eigenvalue weighted by atomic mass is 79.9. The third kappa shape index (κ3) is 3.77. The van der Waals surface area contributed by atoms with Gasteiger partial charge in [-0.15, -0.1) is 0 Å². The van der Waals surface area contributed by atoms with Gasteiger partial charge >= 0.3 is 0 Å². The van der Waals surface area contributed by atoms with Crippen molar-refractivity contribution in [1.29, 1.82) is 0 Å². The van der Waals surface area contributed by atoms with Crippen LogP contribution >= 0.6 is 27.5 Å². The van der Waals surface area contributed by atoms with Crippen LogP contribution in [-0.4, -0.2) is 25.0 Å². The number of rotatable bonds is 4. The second-order valence-corrected chi connectivity index (χ2v) is 5.89. The Morgan fingerprint density at radius 1 is 1.29 bits per heavy atom. The van der Waals surface area contributed by atoms with E-state index in [1.165, 1.54) is 0 Å². The highest BCUT2D eigenvalue weighted by Gasteiger charge is 2.16. The lowest BCUT2D eigenvalue weighted by Crippen LogP contribution is -2.26. The number of halogens is 2. The second kappa shape index (κ2) is 6.96. The van der Waals surface area contributed by atoms with Gasteiger partial charge in [0, 0.05) is 28.7 Å². The summed E-state index contributed by atoms with van der Waals surface area (Å²) >= 11 is 9.27. The molecule has 0 saturated heterocycles. The molecule has 2 aromatic carbocycles. The van der Waals surface area contributed by atoms with Crippen molar-refractivity contribution in [2.75, 3.05) is 14.2 Å². The summed E-state index contributed by atoms with van der Waals surface area (Å²) in [5.41, 5.74) is 1.54. The Balaban J connectivity index is 2.19. The van der Waals surface area contributed by atoms with E-state index >= 15 is 0 Å². The van der Waals surface area contributed by atoms with E-state index in [2.05, 4.69) is 15.9 Å². The molecule has 0 radical (unpaired) electrons. The number of para-hydroxylation sites is 1. The molecule has 0 heterocycles. The number of hydrogen-bond acceptors (Lipinski definition) is 2. The number of ether oxygens (including phenoxy) is 1. The van der Waals surface area contributed by atoms with Crippen molar-refractivity contribution in [1.82, 2.24) is 4.90 Å². The second-order valence-electron chi connectivity index (χ2n) is 4.60. The van der Waals surface area contributed by atoms with Gasteiger partial charge < -0.3 is 9.64 Å². The van der Waals surface area contributed by atoms with Crippen LogP contribution in [-0.2, 0) is 6.54 Å². The normalized spacial score (nSPS) is 10.3. The zero-order valence-corrected chi connectivity index (χ0v) is 14.1. The van der Waals surface area contributed by atoms with Crippen LogP contribution in [0.5, 0.6) is 5.75 Å². The smallest absolute Gasteiger partial charge is 0.255 e. The quantitative estimate of drug-likeness (QED) is 0.801. The summed E-state index contributed by atoms with van der Waals surface area (Å²) in [5.74, 6) is 0.691. The molecule has 5 heteroatoms. The summed E-state index contributed by atoms with van der Waals surface area (Å²) in [4.78, 5) is 14.1. The summed E-state index contributed by atoms with van der Waals surface area (Å²) < 4.78 is 5.99. The van der Waals surface area contributed by atoms with Gasteiger partial charge in [0.15, 0.2) is 0 Å². The van der Waals surface area contributed by atoms with Crippen LogP contribution in [0.25, 0.3) is 0 Å². The van der Waals surface area contributed by atoms with E-state index in [1.54, 1.807) is 37.3 Å². The first-order valence-electron chi connectivity index (χ1n) is 6.35. The zero-order valence-electron chi connectivity index (χ0n) is 11.8. The Bertz CT molecular complexity index is 660. The van der Waals surface area contributed by atoms with E-state index in [-0.39, 0.29) is 5.91 Å². The van der Waals surface area contributed by atoms with Crippen molar-refractivity contribution < 1.29 is 9.53 Å².